The Kier molecular flexibility index (Phi) is 4.40. The fourth-order valence-electron chi connectivity index (χ4n) is 3.23. The van der Waals surface area contributed by atoms with E-state index in [4.69, 9.17) is 9.84 Å². The number of hydrogen-bond donors (Lipinski definition) is 1. The first-order valence-electron chi connectivity index (χ1n) is 6.74. The minimum absolute atomic E-state index is 0.148. The first-order chi connectivity index (χ1) is 8.16. The molecule has 1 aliphatic carbocycles. The number of aliphatic carboxylic acids is 1. The molecule has 17 heavy (non-hydrogen) atoms. The SMILES string of the molecule is CC1CCCC1N1CCC(OCC(=O)O)CC1. The molecule has 4 nitrogen and oxygen atoms in total. The lowest BCUT2D eigenvalue weighted by Gasteiger charge is -2.37. The molecule has 2 fully saturated rings. The molecule has 2 rings (SSSR count). The van der Waals surface area contributed by atoms with E-state index in [0.29, 0.717) is 0 Å². The van der Waals surface area contributed by atoms with Gasteiger partial charge >= 0.3 is 5.97 Å². The Bertz CT molecular complexity index is 261. The Balaban J connectivity index is 1.72. The highest BCUT2D eigenvalue weighted by atomic mass is 16.5. The third-order valence-electron chi connectivity index (χ3n) is 4.20. The zero-order valence-electron chi connectivity index (χ0n) is 10.6. The average Bonchev–Trinajstić information content (AvgIpc) is 2.73. The maximum absolute atomic E-state index is 10.4. The molecule has 2 unspecified atom stereocenters. The third-order valence-corrected chi connectivity index (χ3v) is 4.20. The van der Waals surface area contributed by atoms with Crippen molar-refractivity contribution in [1.29, 1.82) is 0 Å². The number of ether oxygens (including phenoxy) is 1. The summed E-state index contributed by atoms with van der Waals surface area (Å²) in [5.41, 5.74) is 0. The smallest absolute Gasteiger partial charge is 0.329 e. The molecular weight excluding hydrogens is 218 g/mol. The number of piperidine rings is 1. The Morgan fingerprint density at radius 2 is 2.00 bits per heavy atom. The van der Waals surface area contributed by atoms with E-state index in [2.05, 4.69) is 11.8 Å². The second-order valence-electron chi connectivity index (χ2n) is 5.42. The van der Waals surface area contributed by atoms with Crippen LogP contribution in [0, 0.1) is 5.92 Å². The van der Waals surface area contributed by atoms with E-state index in [0.717, 1.165) is 37.9 Å². The Morgan fingerprint density at radius 3 is 2.53 bits per heavy atom. The van der Waals surface area contributed by atoms with Crippen molar-refractivity contribution in [2.75, 3.05) is 19.7 Å². The van der Waals surface area contributed by atoms with Gasteiger partial charge in [-0.15, -0.1) is 0 Å². The Morgan fingerprint density at radius 1 is 1.29 bits per heavy atom. The van der Waals surface area contributed by atoms with Gasteiger partial charge in [-0.05, 0) is 31.6 Å². The molecule has 1 saturated carbocycles. The number of rotatable bonds is 4. The van der Waals surface area contributed by atoms with E-state index in [1.54, 1.807) is 0 Å². The molecule has 0 aromatic heterocycles. The topological polar surface area (TPSA) is 49.8 Å². The Hall–Kier alpha value is -0.610. The molecule has 0 amide bonds. The second kappa shape index (κ2) is 5.83. The maximum atomic E-state index is 10.4. The highest BCUT2D eigenvalue weighted by molar-refractivity contribution is 5.68. The summed E-state index contributed by atoms with van der Waals surface area (Å²) in [4.78, 5) is 13.0. The van der Waals surface area contributed by atoms with Gasteiger partial charge in [0, 0.05) is 19.1 Å². The molecule has 2 aliphatic rings. The number of nitrogens with zero attached hydrogens (tertiary/aromatic N) is 1. The summed E-state index contributed by atoms with van der Waals surface area (Å²) in [6, 6.07) is 0.760. The first kappa shape index (κ1) is 12.8. The molecule has 0 aromatic carbocycles. The van der Waals surface area contributed by atoms with Gasteiger partial charge in [-0.25, -0.2) is 4.79 Å². The molecule has 0 radical (unpaired) electrons. The molecule has 98 valence electrons. The predicted molar refractivity (Wildman–Crippen MR) is 65.0 cm³/mol. The van der Waals surface area contributed by atoms with Crippen LogP contribution in [0.5, 0.6) is 0 Å². The normalized spacial score (nSPS) is 31.8. The summed E-state index contributed by atoms with van der Waals surface area (Å²) >= 11 is 0. The molecule has 0 aromatic rings. The summed E-state index contributed by atoms with van der Waals surface area (Å²) in [6.07, 6.45) is 6.18. The van der Waals surface area contributed by atoms with Crippen LogP contribution in [0.2, 0.25) is 0 Å². The van der Waals surface area contributed by atoms with E-state index in [1.165, 1.54) is 19.3 Å². The van der Waals surface area contributed by atoms with E-state index < -0.39 is 5.97 Å². The van der Waals surface area contributed by atoms with E-state index in [1.807, 2.05) is 0 Å². The van der Waals surface area contributed by atoms with Crippen LogP contribution in [0.4, 0.5) is 0 Å². The number of likely N-dealkylation sites (tertiary alicyclic amines) is 1. The van der Waals surface area contributed by atoms with Crippen molar-refractivity contribution in [1.82, 2.24) is 4.90 Å². The number of carboxylic acid groups (broad SMARTS) is 1. The predicted octanol–water partition coefficient (Wildman–Crippen LogP) is 1.74. The van der Waals surface area contributed by atoms with Crippen LogP contribution < -0.4 is 0 Å². The van der Waals surface area contributed by atoms with E-state index in [-0.39, 0.29) is 12.7 Å². The number of carboxylic acids is 1. The summed E-state index contributed by atoms with van der Waals surface area (Å²) in [7, 11) is 0. The molecule has 1 saturated heterocycles. The van der Waals surface area contributed by atoms with Crippen molar-refractivity contribution in [2.24, 2.45) is 5.92 Å². The van der Waals surface area contributed by atoms with Crippen LogP contribution in [-0.4, -0.2) is 47.8 Å². The van der Waals surface area contributed by atoms with Gasteiger partial charge in [-0.2, -0.15) is 0 Å². The van der Waals surface area contributed by atoms with Gasteiger partial charge in [0.05, 0.1) is 6.10 Å². The molecule has 1 heterocycles. The molecule has 0 spiro atoms. The van der Waals surface area contributed by atoms with Crippen LogP contribution in [0.1, 0.15) is 39.0 Å². The molecular formula is C13H23NO3. The lowest BCUT2D eigenvalue weighted by molar-refractivity contribution is -0.145. The fraction of sp³-hybridized carbons (Fsp3) is 0.923. The van der Waals surface area contributed by atoms with Crippen molar-refractivity contribution in [3.8, 4) is 0 Å². The number of carbonyl (C=O) groups is 1. The maximum Gasteiger partial charge on any atom is 0.329 e. The van der Waals surface area contributed by atoms with Crippen molar-refractivity contribution >= 4 is 5.97 Å². The second-order valence-corrected chi connectivity index (χ2v) is 5.42. The van der Waals surface area contributed by atoms with Crippen LogP contribution in [0.25, 0.3) is 0 Å². The molecule has 4 heteroatoms. The largest absolute Gasteiger partial charge is 0.480 e. The van der Waals surface area contributed by atoms with E-state index >= 15 is 0 Å². The van der Waals surface area contributed by atoms with Crippen LogP contribution >= 0.6 is 0 Å². The van der Waals surface area contributed by atoms with Gasteiger partial charge in [0.25, 0.3) is 0 Å². The lowest BCUT2D eigenvalue weighted by atomic mass is 10.00. The summed E-state index contributed by atoms with van der Waals surface area (Å²) in [5, 5.41) is 8.57. The monoisotopic (exact) mass is 241 g/mol. The average molecular weight is 241 g/mol. The number of hydrogen-bond acceptors (Lipinski definition) is 3. The van der Waals surface area contributed by atoms with Gasteiger partial charge < -0.3 is 9.84 Å². The van der Waals surface area contributed by atoms with Crippen molar-refractivity contribution in [3.63, 3.8) is 0 Å². The quantitative estimate of drug-likeness (QED) is 0.814. The van der Waals surface area contributed by atoms with Gasteiger partial charge in [0.2, 0.25) is 0 Å². The highest BCUT2D eigenvalue weighted by Gasteiger charge is 2.31. The minimum atomic E-state index is -0.864. The van der Waals surface area contributed by atoms with Gasteiger partial charge in [0.1, 0.15) is 6.61 Å². The Labute approximate surface area is 103 Å². The summed E-state index contributed by atoms with van der Waals surface area (Å²) in [5.74, 6) is -0.0386. The van der Waals surface area contributed by atoms with E-state index in [9.17, 15) is 4.79 Å². The summed E-state index contributed by atoms with van der Waals surface area (Å²) < 4.78 is 5.36. The van der Waals surface area contributed by atoms with Crippen molar-refractivity contribution in [3.05, 3.63) is 0 Å². The van der Waals surface area contributed by atoms with Crippen LogP contribution in [0.3, 0.4) is 0 Å². The summed E-state index contributed by atoms with van der Waals surface area (Å²) in [6.45, 7) is 4.34. The highest BCUT2D eigenvalue weighted by Crippen LogP contribution is 2.31. The van der Waals surface area contributed by atoms with Gasteiger partial charge in [-0.3, -0.25) is 4.90 Å². The molecule has 0 bridgehead atoms. The fourth-order valence-corrected chi connectivity index (χ4v) is 3.23. The van der Waals surface area contributed by atoms with Crippen molar-refractivity contribution in [2.45, 2.75) is 51.2 Å². The standard InChI is InChI=1S/C13H23NO3/c1-10-3-2-4-12(10)14-7-5-11(6-8-14)17-9-13(15)16/h10-12H,2-9H2,1H3,(H,15,16). The third kappa shape index (κ3) is 3.42. The zero-order valence-corrected chi connectivity index (χ0v) is 10.6. The van der Waals surface area contributed by atoms with Gasteiger partial charge in [0.15, 0.2) is 0 Å². The first-order valence-corrected chi connectivity index (χ1v) is 6.74. The van der Waals surface area contributed by atoms with Crippen LogP contribution in [-0.2, 0) is 9.53 Å². The molecule has 1 N–H and O–H groups in total. The molecule has 2 atom stereocenters. The zero-order chi connectivity index (χ0) is 12.3. The minimum Gasteiger partial charge on any atom is -0.480 e. The van der Waals surface area contributed by atoms with Crippen LogP contribution in [0.15, 0.2) is 0 Å². The van der Waals surface area contributed by atoms with Gasteiger partial charge in [-0.1, -0.05) is 13.3 Å². The molecule has 1 aliphatic heterocycles. The lowest BCUT2D eigenvalue weighted by Crippen LogP contribution is -2.44. The van der Waals surface area contributed by atoms with Crippen molar-refractivity contribution < 1.29 is 14.6 Å².